The quantitative estimate of drug-likeness (QED) is 0.910. The van der Waals surface area contributed by atoms with Crippen molar-refractivity contribution in [2.45, 2.75) is 32.2 Å². The van der Waals surface area contributed by atoms with Gasteiger partial charge in [-0.1, -0.05) is 6.07 Å². The Morgan fingerprint density at radius 1 is 1.44 bits per heavy atom. The van der Waals surface area contributed by atoms with Gasteiger partial charge in [0.1, 0.15) is 0 Å². The molecule has 1 aliphatic rings. The molecule has 0 radical (unpaired) electrons. The third kappa shape index (κ3) is 3.33. The van der Waals surface area contributed by atoms with E-state index in [2.05, 4.69) is 11.4 Å². The molecule has 0 atom stereocenters. The van der Waals surface area contributed by atoms with Crippen molar-refractivity contribution in [3.05, 3.63) is 22.4 Å². The lowest BCUT2D eigenvalue weighted by molar-refractivity contribution is -0.136. The van der Waals surface area contributed by atoms with Crippen LogP contribution >= 0.6 is 11.3 Å². The van der Waals surface area contributed by atoms with Gasteiger partial charge in [0, 0.05) is 17.8 Å². The van der Waals surface area contributed by atoms with Crippen LogP contribution in [0.2, 0.25) is 0 Å². The summed E-state index contributed by atoms with van der Waals surface area (Å²) in [5, 5.41) is 2.06. The van der Waals surface area contributed by atoms with Crippen LogP contribution in [0, 0.1) is 11.8 Å². The first-order valence-corrected chi connectivity index (χ1v) is 7.56. The summed E-state index contributed by atoms with van der Waals surface area (Å²) in [7, 11) is 1.91. The Kier molecular flexibility index (Phi) is 4.78. The van der Waals surface area contributed by atoms with Crippen LogP contribution in [0.4, 0.5) is 0 Å². The van der Waals surface area contributed by atoms with Crippen LogP contribution < -0.4 is 5.73 Å². The Bertz CT molecular complexity index is 369. The number of nitrogens with two attached hydrogens (primary N) is 1. The van der Waals surface area contributed by atoms with Crippen molar-refractivity contribution in [3.63, 3.8) is 0 Å². The predicted octanol–water partition coefficient (Wildman–Crippen LogP) is 2.47. The van der Waals surface area contributed by atoms with E-state index in [-0.39, 0.29) is 5.92 Å². The van der Waals surface area contributed by atoms with E-state index in [0.717, 1.165) is 38.8 Å². The van der Waals surface area contributed by atoms with E-state index < -0.39 is 0 Å². The van der Waals surface area contributed by atoms with E-state index in [0.29, 0.717) is 11.8 Å². The first kappa shape index (κ1) is 13.6. The summed E-state index contributed by atoms with van der Waals surface area (Å²) < 4.78 is 0. The van der Waals surface area contributed by atoms with Gasteiger partial charge in [0.2, 0.25) is 5.91 Å². The fraction of sp³-hybridized carbons (Fsp3) is 0.643. The molecule has 1 saturated carbocycles. The van der Waals surface area contributed by atoms with Gasteiger partial charge in [-0.15, -0.1) is 11.3 Å². The largest absolute Gasteiger partial charge is 0.340 e. The molecule has 0 aromatic carbocycles. The van der Waals surface area contributed by atoms with Gasteiger partial charge in [-0.2, -0.15) is 0 Å². The number of thiophene rings is 1. The van der Waals surface area contributed by atoms with Gasteiger partial charge < -0.3 is 10.6 Å². The van der Waals surface area contributed by atoms with Crippen LogP contribution in [0.15, 0.2) is 17.5 Å². The summed E-state index contributed by atoms with van der Waals surface area (Å²) >= 11 is 1.71. The molecule has 0 aliphatic heterocycles. The molecular weight excluding hydrogens is 244 g/mol. The molecule has 18 heavy (non-hydrogen) atoms. The second-order valence-electron chi connectivity index (χ2n) is 5.23. The minimum absolute atomic E-state index is 0.220. The number of hydrogen-bond acceptors (Lipinski definition) is 3. The predicted molar refractivity (Wildman–Crippen MR) is 75.3 cm³/mol. The van der Waals surface area contributed by atoms with E-state index in [1.807, 2.05) is 18.0 Å². The van der Waals surface area contributed by atoms with Crippen molar-refractivity contribution in [3.8, 4) is 0 Å². The Labute approximate surface area is 113 Å². The zero-order chi connectivity index (χ0) is 13.0. The standard InChI is InChI=1S/C14H22N2OS/c1-16(10-13-3-2-8-18-13)14(17)12-6-4-11(9-15)5-7-12/h2-3,8,11-12H,4-7,9-10,15H2,1H3. The zero-order valence-corrected chi connectivity index (χ0v) is 11.8. The minimum atomic E-state index is 0.220. The highest BCUT2D eigenvalue weighted by Gasteiger charge is 2.27. The highest BCUT2D eigenvalue weighted by molar-refractivity contribution is 7.09. The summed E-state index contributed by atoms with van der Waals surface area (Å²) in [6.07, 6.45) is 4.24. The molecule has 1 aromatic rings. The van der Waals surface area contributed by atoms with Crippen LogP contribution in [-0.2, 0) is 11.3 Å². The van der Waals surface area contributed by atoms with Gasteiger partial charge in [0.05, 0.1) is 6.54 Å². The maximum absolute atomic E-state index is 12.3. The van der Waals surface area contributed by atoms with Crippen molar-refractivity contribution in [2.75, 3.05) is 13.6 Å². The average Bonchev–Trinajstić information content (AvgIpc) is 2.91. The zero-order valence-electron chi connectivity index (χ0n) is 11.0. The van der Waals surface area contributed by atoms with Crippen LogP contribution in [0.3, 0.4) is 0 Å². The smallest absolute Gasteiger partial charge is 0.225 e. The van der Waals surface area contributed by atoms with Crippen LogP contribution in [0.1, 0.15) is 30.6 Å². The van der Waals surface area contributed by atoms with Gasteiger partial charge in [0.15, 0.2) is 0 Å². The lowest BCUT2D eigenvalue weighted by atomic mass is 9.81. The Morgan fingerprint density at radius 2 is 2.17 bits per heavy atom. The molecule has 0 saturated heterocycles. The first-order chi connectivity index (χ1) is 8.70. The molecule has 1 fully saturated rings. The Morgan fingerprint density at radius 3 is 2.72 bits per heavy atom. The van der Waals surface area contributed by atoms with Crippen molar-refractivity contribution in [2.24, 2.45) is 17.6 Å². The number of nitrogens with zero attached hydrogens (tertiary/aromatic N) is 1. The summed E-state index contributed by atoms with van der Waals surface area (Å²) in [6, 6.07) is 4.12. The van der Waals surface area contributed by atoms with E-state index >= 15 is 0 Å². The maximum atomic E-state index is 12.3. The molecule has 0 unspecified atom stereocenters. The number of rotatable bonds is 4. The fourth-order valence-electron chi connectivity index (χ4n) is 2.67. The highest BCUT2D eigenvalue weighted by atomic mass is 32.1. The maximum Gasteiger partial charge on any atom is 0.225 e. The fourth-order valence-corrected chi connectivity index (χ4v) is 3.43. The second kappa shape index (κ2) is 6.34. The first-order valence-electron chi connectivity index (χ1n) is 6.68. The molecule has 1 heterocycles. The summed E-state index contributed by atoms with van der Waals surface area (Å²) in [5.74, 6) is 1.16. The van der Waals surface area contributed by atoms with Crippen molar-refractivity contribution >= 4 is 17.2 Å². The number of amides is 1. The lowest BCUT2D eigenvalue weighted by Gasteiger charge is -2.29. The van der Waals surface area contributed by atoms with E-state index in [9.17, 15) is 4.79 Å². The third-order valence-corrected chi connectivity index (χ3v) is 4.74. The number of hydrogen-bond donors (Lipinski definition) is 1. The number of carbonyl (C=O) groups excluding carboxylic acids is 1. The topological polar surface area (TPSA) is 46.3 Å². The summed E-state index contributed by atoms with van der Waals surface area (Å²) in [5.41, 5.74) is 5.68. The van der Waals surface area contributed by atoms with Crippen LogP contribution in [-0.4, -0.2) is 24.4 Å². The molecule has 0 bridgehead atoms. The molecule has 1 aliphatic carbocycles. The SMILES string of the molecule is CN(Cc1cccs1)C(=O)C1CCC(CN)CC1. The lowest BCUT2D eigenvalue weighted by Crippen LogP contribution is -2.35. The second-order valence-corrected chi connectivity index (χ2v) is 6.26. The molecule has 1 aromatic heterocycles. The van der Waals surface area contributed by atoms with Gasteiger partial charge in [-0.05, 0) is 49.6 Å². The molecular formula is C14H22N2OS. The summed E-state index contributed by atoms with van der Waals surface area (Å²) in [4.78, 5) is 15.4. The van der Waals surface area contributed by atoms with Crippen LogP contribution in [0.25, 0.3) is 0 Å². The van der Waals surface area contributed by atoms with E-state index in [1.54, 1.807) is 11.3 Å². The Hall–Kier alpha value is -0.870. The molecule has 2 rings (SSSR count). The molecule has 0 spiro atoms. The van der Waals surface area contributed by atoms with Crippen LogP contribution in [0.5, 0.6) is 0 Å². The third-order valence-electron chi connectivity index (χ3n) is 3.88. The highest BCUT2D eigenvalue weighted by Crippen LogP contribution is 2.29. The Balaban J connectivity index is 1.84. The van der Waals surface area contributed by atoms with Gasteiger partial charge in [-0.3, -0.25) is 4.79 Å². The molecule has 2 N–H and O–H groups in total. The summed E-state index contributed by atoms with van der Waals surface area (Å²) in [6.45, 7) is 1.51. The number of carbonyl (C=O) groups is 1. The molecule has 3 nitrogen and oxygen atoms in total. The van der Waals surface area contributed by atoms with Crippen molar-refractivity contribution in [1.82, 2.24) is 4.90 Å². The average molecular weight is 266 g/mol. The van der Waals surface area contributed by atoms with Gasteiger partial charge >= 0.3 is 0 Å². The van der Waals surface area contributed by atoms with E-state index in [1.165, 1.54) is 4.88 Å². The van der Waals surface area contributed by atoms with Gasteiger partial charge in [0.25, 0.3) is 0 Å². The molecule has 100 valence electrons. The van der Waals surface area contributed by atoms with E-state index in [4.69, 9.17) is 5.73 Å². The minimum Gasteiger partial charge on any atom is -0.340 e. The van der Waals surface area contributed by atoms with Crippen molar-refractivity contribution < 1.29 is 4.79 Å². The normalized spacial score (nSPS) is 23.9. The molecule has 1 amide bonds. The van der Waals surface area contributed by atoms with Gasteiger partial charge in [-0.25, -0.2) is 0 Å². The molecule has 4 heteroatoms. The van der Waals surface area contributed by atoms with Crippen molar-refractivity contribution in [1.29, 1.82) is 0 Å². The monoisotopic (exact) mass is 266 g/mol.